The van der Waals surface area contributed by atoms with Gasteiger partial charge in [0, 0.05) is 30.8 Å². The molecule has 1 spiro atoms. The number of nitrogens with zero attached hydrogens (tertiary/aromatic N) is 3. The zero-order valence-electron chi connectivity index (χ0n) is 15.8. The lowest BCUT2D eigenvalue weighted by Gasteiger charge is -2.34. The van der Waals surface area contributed by atoms with Gasteiger partial charge in [0.2, 0.25) is 5.91 Å². The van der Waals surface area contributed by atoms with Crippen LogP contribution in [-0.4, -0.2) is 38.7 Å². The molecule has 0 saturated carbocycles. The molecule has 6 heteroatoms. The minimum Gasteiger partial charge on any atom is -0.334 e. The Kier molecular flexibility index (Phi) is 3.75. The summed E-state index contributed by atoms with van der Waals surface area (Å²) in [6, 6.07) is 11.4. The summed E-state index contributed by atoms with van der Waals surface area (Å²) in [6.07, 6.45) is 7.73. The van der Waals surface area contributed by atoms with Gasteiger partial charge in [-0.3, -0.25) is 9.59 Å². The first kappa shape index (κ1) is 17.0. The lowest BCUT2D eigenvalue weighted by molar-refractivity contribution is -0.121. The molecule has 0 radical (unpaired) electrons. The molecule has 1 aromatic carbocycles. The average Bonchev–Trinajstić information content (AvgIpc) is 3.39. The van der Waals surface area contributed by atoms with Crippen LogP contribution in [0.1, 0.15) is 42.1 Å². The van der Waals surface area contributed by atoms with E-state index in [9.17, 15) is 9.59 Å². The number of likely N-dealkylation sites (tertiary alicyclic amines) is 1. The monoisotopic (exact) mass is 374 g/mol. The Bertz CT molecular complexity index is 1090. The van der Waals surface area contributed by atoms with Crippen molar-refractivity contribution in [1.82, 2.24) is 14.3 Å². The van der Waals surface area contributed by atoms with E-state index in [4.69, 9.17) is 0 Å². The van der Waals surface area contributed by atoms with E-state index in [1.165, 1.54) is 0 Å². The fraction of sp³-hybridized carbons (Fsp3) is 0.318. The van der Waals surface area contributed by atoms with E-state index in [1.807, 2.05) is 58.1 Å². The number of rotatable bonds is 3. The fourth-order valence-electron chi connectivity index (χ4n) is 4.93. The predicted octanol–water partition coefficient (Wildman–Crippen LogP) is 3.24. The summed E-state index contributed by atoms with van der Waals surface area (Å²) < 4.78 is 1.85. The Labute approximate surface area is 163 Å². The summed E-state index contributed by atoms with van der Waals surface area (Å²) in [5, 5.41) is 3.05. The highest BCUT2D eigenvalue weighted by Crippen LogP contribution is 2.49. The number of hydrogen-bond acceptors (Lipinski definition) is 3. The Balaban J connectivity index is 1.56. The largest absolute Gasteiger partial charge is 0.334 e. The van der Waals surface area contributed by atoms with Crippen LogP contribution in [0.15, 0.2) is 55.0 Å². The Morgan fingerprint density at radius 1 is 1.29 bits per heavy atom. The summed E-state index contributed by atoms with van der Waals surface area (Å²) >= 11 is 0. The van der Waals surface area contributed by atoms with Gasteiger partial charge in [0.15, 0.2) is 0 Å². The van der Waals surface area contributed by atoms with Crippen LogP contribution in [0.5, 0.6) is 0 Å². The number of benzene rings is 1. The Morgan fingerprint density at radius 3 is 3.00 bits per heavy atom. The molecule has 2 amide bonds. The molecule has 0 bridgehead atoms. The molecule has 4 heterocycles. The maximum absolute atomic E-state index is 13.4. The molecule has 3 aromatic rings. The van der Waals surface area contributed by atoms with Gasteiger partial charge >= 0.3 is 0 Å². The number of carbonyl (C=O) groups excluding carboxylic acids is 2. The van der Waals surface area contributed by atoms with E-state index in [1.54, 1.807) is 6.20 Å². The van der Waals surface area contributed by atoms with Gasteiger partial charge in [0.25, 0.3) is 5.91 Å². The maximum Gasteiger partial charge on any atom is 0.255 e. The van der Waals surface area contributed by atoms with Gasteiger partial charge in [-0.25, -0.2) is 4.98 Å². The molecule has 2 aromatic heterocycles. The van der Waals surface area contributed by atoms with Crippen molar-refractivity contribution in [3.63, 3.8) is 0 Å². The lowest BCUT2D eigenvalue weighted by Crippen LogP contribution is -2.48. The van der Waals surface area contributed by atoms with Crippen molar-refractivity contribution in [3.05, 3.63) is 66.1 Å². The van der Waals surface area contributed by atoms with Crippen LogP contribution in [-0.2, 0) is 10.2 Å². The first-order valence-electron chi connectivity index (χ1n) is 9.80. The molecule has 1 saturated heterocycles. The van der Waals surface area contributed by atoms with Crippen molar-refractivity contribution in [1.29, 1.82) is 0 Å². The van der Waals surface area contributed by atoms with Crippen molar-refractivity contribution < 1.29 is 9.59 Å². The number of amides is 2. The number of aromatic nitrogens is 2. The van der Waals surface area contributed by atoms with E-state index >= 15 is 0 Å². The van der Waals surface area contributed by atoms with Gasteiger partial charge in [-0.2, -0.15) is 0 Å². The molecule has 2 atom stereocenters. The molecule has 28 heavy (non-hydrogen) atoms. The fourth-order valence-corrected chi connectivity index (χ4v) is 4.93. The van der Waals surface area contributed by atoms with Crippen molar-refractivity contribution in [2.45, 2.75) is 37.6 Å². The van der Waals surface area contributed by atoms with Crippen molar-refractivity contribution in [2.75, 3.05) is 11.9 Å². The minimum absolute atomic E-state index is 0.0208. The van der Waals surface area contributed by atoms with E-state index in [0.29, 0.717) is 18.5 Å². The lowest BCUT2D eigenvalue weighted by atomic mass is 9.73. The third-order valence-corrected chi connectivity index (χ3v) is 6.21. The topological polar surface area (TPSA) is 66.7 Å². The summed E-state index contributed by atoms with van der Waals surface area (Å²) in [6.45, 7) is 2.68. The number of anilines is 1. The SMILES string of the molecule is CCC[C@@H]1N(C(=O)c2ccc3nccn3c2)CC[C@]12C(=O)Nc1ccccc12. The molecule has 142 valence electrons. The van der Waals surface area contributed by atoms with Gasteiger partial charge in [-0.05, 0) is 36.6 Å². The highest BCUT2D eigenvalue weighted by atomic mass is 16.2. The van der Waals surface area contributed by atoms with Crippen LogP contribution in [0.2, 0.25) is 0 Å². The molecule has 6 nitrogen and oxygen atoms in total. The first-order chi connectivity index (χ1) is 13.6. The van der Waals surface area contributed by atoms with E-state index < -0.39 is 5.41 Å². The summed E-state index contributed by atoms with van der Waals surface area (Å²) in [4.78, 5) is 32.7. The molecular formula is C22H22N4O2. The third-order valence-electron chi connectivity index (χ3n) is 6.21. The van der Waals surface area contributed by atoms with Gasteiger partial charge in [0.05, 0.1) is 17.0 Å². The minimum atomic E-state index is -0.651. The number of hydrogen-bond donors (Lipinski definition) is 1. The van der Waals surface area contributed by atoms with Crippen molar-refractivity contribution in [3.8, 4) is 0 Å². The van der Waals surface area contributed by atoms with Crippen LogP contribution in [0.25, 0.3) is 5.65 Å². The Hall–Kier alpha value is -3.15. The van der Waals surface area contributed by atoms with Gasteiger partial charge in [-0.15, -0.1) is 0 Å². The first-order valence-corrected chi connectivity index (χ1v) is 9.80. The number of nitrogens with one attached hydrogen (secondary N) is 1. The molecule has 2 aliphatic rings. The van der Waals surface area contributed by atoms with E-state index in [2.05, 4.69) is 17.2 Å². The number of carbonyl (C=O) groups is 2. The number of para-hydroxylation sites is 1. The van der Waals surface area contributed by atoms with Crippen molar-refractivity contribution in [2.24, 2.45) is 0 Å². The molecule has 1 N–H and O–H groups in total. The van der Waals surface area contributed by atoms with Crippen LogP contribution >= 0.6 is 0 Å². The van der Waals surface area contributed by atoms with Gasteiger partial charge in [-0.1, -0.05) is 31.5 Å². The Morgan fingerprint density at radius 2 is 2.14 bits per heavy atom. The molecule has 1 fully saturated rings. The predicted molar refractivity (Wildman–Crippen MR) is 106 cm³/mol. The second-order valence-electron chi connectivity index (χ2n) is 7.63. The highest BCUT2D eigenvalue weighted by Gasteiger charge is 2.58. The quantitative estimate of drug-likeness (QED) is 0.765. The van der Waals surface area contributed by atoms with Crippen LogP contribution in [0.3, 0.4) is 0 Å². The number of imidazole rings is 1. The average molecular weight is 374 g/mol. The van der Waals surface area contributed by atoms with Crippen LogP contribution < -0.4 is 5.32 Å². The van der Waals surface area contributed by atoms with Gasteiger partial charge < -0.3 is 14.6 Å². The molecular weight excluding hydrogens is 352 g/mol. The zero-order valence-corrected chi connectivity index (χ0v) is 15.8. The third kappa shape index (κ3) is 2.24. The van der Waals surface area contributed by atoms with E-state index in [-0.39, 0.29) is 17.9 Å². The second-order valence-corrected chi connectivity index (χ2v) is 7.63. The highest BCUT2D eigenvalue weighted by molar-refractivity contribution is 6.08. The smallest absolute Gasteiger partial charge is 0.255 e. The molecule has 0 aliphatic carbocycles. The normalized spacial score (nSPS) is 23.4. The number of pyridine rings is 1. The van der Waals surface area contributed by atoms with Gasteiger partial charge in [0.1, 0.15) is 5.65 Å². The number of fused-ring (bicyclic) bond motifs is 3. The molecule has 2 aliphatic heterocycles. The van der Waals surface area contributed by atoms with Crippen LogP contribution in [0.4, 0.5) is 5.69 Å². The van der Waals surface area contributed by atoms with Crippen molar-refractivity contribution >= 4 is 23.1 Å². The standard InChI is InChI=1S/C22H22N4O2/c1-2-5-18-22(16-6-3-4-7-17(16)24-21(22)28)10-12-26(18)20(27)15-8-9-19-23-11-13-25(19)14-15/h3-4,6-9,11,13-14,18H,2,5,10,12H2,1H3,(H,24,28)/t18-,22+/m0/s1. The molecule has 5 rings (SSSR count). The summed E-state index contributed by atoms with van der Waals surface area (Å²) in [5.74, 6) is -0.00406. The second kappa shape index (κ2) is 6.19. The van der Waals surface area contributed by atoms with Crippen LogP contribution in [0, 0.1) is 0 Å². The zero-order chi connectivity index (χ0) is 19.3. The van der Waals surface area contributed by atoms with E-state index in [0.717, 1.165) is 29.7 Å². The summed E-state index contributed by atoms with van der Waals surface area (Å²) in [5.41, 5.74) is 2.68. The summed E-state index contributed by atoms with van der Waals surface area (Å²) in [7, 11) is 0. The molecule has 0 unspecified atom stereocenters. The maximum atomic E-state index is 13.4.